The van der Waals surface area contributed by atoms with Gasteiger partial charge >= 0.3 is 12.2 Å². The summed E-state index contributed by atoms with van der Waals surface area (Å²) in [5, 5.41) is 4.92. The first-order chi connectivity index (χ1) is 14.3. The zero-order valence-corrected chi connectivity index (χ0v) is 16.4. The molecule has 0 aromatic heterocycles. The first kappa shape index (κ1) is 21.8. The van der Waals surface area contributed by atoms with E-state index in [1.807, 2.05) is 6.07 Å². The van der Waals surface area contributed by atoms with E-state index in [4.69, 9.17) is 0 Å². The minimum Gasteiger partial charge on any atom is -0.322 e. The molecular formula is C21H25F3N4O2+2. The van der Waals surface area contributed by atoms with Gasteiger partial charge in [-0.2, -0.15) is 13.2 Å². The number of carbonyl (C=O) groups is 2. The number of urea groups is 1. The molecule has 2 aromatic rings. The van der Waals surface area contributed by atoms with Crippen molar-refractivity contribution in [1.82, 2.24) is 5.32 Å². The van der Waals surface area contributed by atoms with Gasteiger partial charge in [0.2, 0.25) is 0 Å². The minimum atomic E-state index is -4.34. The molecule has 0 bridgehead atoms. The molecule has 3 rings (SSSR count). The maximum absolute atomic E-state index is 12.9. The van der Waals surface area contributed by atoms with E-state index in [0.717, 1.165) is 24.1 Å². The lowest BCUT2D eigenvalue weighted by molar-refractivity contribution is -1.02. The fourth-order valence-corrected chi connectivity index (χ4v) is 3.54. The highest BCUT2D eigenvalue weighted by Crippen LogP contribution is 2.29. The van der Waals surface area contributed by atoms with Gasteiger partial charge < -0.3 is 15.1 Å². The molecule has 1 aliphatic rings. The molecule has 1 fully saturated rings. The highest BCUT2D eigenvalue weighted by atomic mass is 19.4. The Labute approximate surface area is 172 Å². The predicted molar refractivity (Wildman–Crippen MR) is 105 cm³/mol. The number of imide groups is 1. The lowest BCUT2D eigenvalue weighted by Gasteiger charge is -2.29. The van der Waals surface area contributed by atoms with Crippen LogP contribution in [0.3, 0.4) is 0 Å². The van der Waals surface area contributed by atoms with Gasteiger partial charge in [-0.1, -0.05) is 30.3 Å². The standard InChI is InChI=1S/C21H23F3N4O2/c22-21(23,24)17-6-4-5-16(13-17)14-27-9-11-28(12-10-27)15-19(29)26-20(30)25-18-7-2-1-3-8-18/h1-8,13H,9-12,14-15H2,(H2,25,26,29,30)/p+2. The first-order valence-corrected chi connectivity index (χ1v) is 9.79. The van der Waals surface area contributed by atoms with E-state index in [-0.39, 0.29) is 12.5 Å². The zero-order chi connectivity index (χ0) is 21.6. The number of anilines is 1. The van der Waals surface area contributed by atoms with Gasteiger partial charge in [0.15, 0.2) is 6.54 Å². The van der Waals surface area contributed by atoms with Gasteiger partial charge in [-0.15, -0.1) is 0 Å². The lowest BCUT2D eigenvalue weighted by atomic mass is 10.1. The summed E-state index contributed by atoms with van der Waals surface area (Å²) in [6, 6.07) is 13.7. The number of benzene rings is 2. The van der Waals surface area contributed by atoms with Gasteiger partial charge in [0.25, 0.3) is 5.91 Å². The van der Waals surface area contributed by atoms with Crippen molar-refractivity contribution in [3.8, 4) is 0 Å². The van der Waals surface area contributed by atoms with E-state index in [2.05, 4.69) is 10.6 Å². The summed E-state index contributed by atoms with van der Waals surface area (Å²) >= 11 is 0. The van der Waals surface area contributed by atoms with Crippen LogP contribution in [-0.4, -0.2) is 44.7 Å². The van der Waals surface area contributed by atoms with Crippen LogP contribution in [0.2, 0.25) is 0 Å². The Bertz CT molecular complexity index is 866. The molecule has 3 amide bonds. The van der Waals surface area contributed by atoms with Crippen LogP contribution in [0.5, 0.6) is 0 Å². The summed E-state index contributed by atoms with van der Waals surface area (Å²) in [7, 11) is 0. The van der Waals surface area contributed by atoms with E-state index >= 15 is 0 Å². The van der Waals surface area contributed by atoms with Crippen molar-refractivity contribution in [3.05, 3.63) is 65.7 Å². The maximum Gasteiger partial charge on any atom is 0.416 e. The third-order valence-electron chi connectivity index (χ3n) is 5.07. The number of nitrogens with one attached hydrogen (secondary N) is 4. The van der Waals surface area contributed by atoms with Crippen molar-refractivity contribution in [3.63, 3.8) is 0 Å². The topological polar surface area (TPSA) is 67.1 Å². The van der Waals surface area contributed by atoms with Gasteiger partial charge in [0, 0.05) is 11.3 Å². The highest BCUT2D eigenvalue weighted by molar-refractivity contribution is 6.01. The van der Waals surface area contributed by atoms with Crippen molar-refractivity contribution >= 4 is 17.6 Å². The average Bonchev–Trinajstić information content (AvgIpc) is 2.69. The third-order valence-corrected chi connectivity index (χ3v) is 5.07. The molecule has 1 saturated heterocycles. The number of halogens is 3. The molecule has 4 N–H and O–H groups in total. The average molecular weight is 422 g/mol. The molecule has 160 valence electrons. The van der Waals surface area contributed by atoms with Crippen LogP contribution in [0.4, 0.5) is 23.7 Å². The van der Waals surface area contributed by atoms with Crippen LogP contribution in [0.1, 0.15) is 11.1 Å². The van der Waals surface area contributed by atoms with Gasteiger partial charge in [-0.05, 0) is 24.3 Å². The monoisotopic (exact) mass is 422 g/mol. The number of amides is 3. The molecule has 1 heterocycles. The van der Waals surface area contributed by atoms with Crippen LogP contribution < -0.4 is 20.4 Å². The molecule has 9 heteroatoms. The minimum absolute atomic E-state index is 0.180. The Balaban J connectivity index is 1.41. The third kappa shape index (κ3) is 6.57. The molecule has 30 heavy (non-hydrogen) atoms. The zero-order valence-electron chi connectivity index (χ0n) is 16.4. The summed E-state index contributed by atoms with van der Waals surface area (Å²) in [4.78, 5) is 26.2. The number of para-hydroxylation sites is 1. The summed E-state index contributed by atoms with van der Waals surface area (Å²) in [6.07, 6.45) is -4.34. The number of hydrogen-bond donors (Lipinski definition) is 4. The molecule has 0 spiro atoms. The molecule has 0 radical (unpaired) electrons. The second-order valence-electron chi connectivity index (χ2n) is 7.42. The van der Waals surface area contributed by atoms with Crippen molar-refractivity contribution < 1.29 is 32.6 Å². The Morgan fingerprint density at radius 2 is 1.57 bits per heavy atom. The van der Waals surface area contributed by atoms with Crippen LogP contribution >= 0.6 is 0 Å². The van der Waals surface area contributed by atoms with Crippen LogP contribution in [-0.2, 0) is 17.5 Å². The Hall–Kier alpha value is -2.91. The molecule has 1 aliphatic heterocycles. The number of piperazine rings is 1. The van der Waals surface area contributed by atoms with Crippen LogP contribution in [0.15, 0.2) is 54.6 Å². The highest BCUT2D eigenvalue weighted by Gasteiger charge is 2.31. The number of rotatable bonds is 5. The van der Waals surface area contributed by atoms with Crippen molar-refractivity contribution in [2.75, 3.05) is 38.0 Å². The Kier molecular flexibility index (Phi) is 7.07. The van der Waals surface area contributed by atoms with Crippen molar-refractivity contribution in [2.24, 2.45) is 0 Å². The number of hydrogen-bond acceptors (Lipinski definition) is 2. The van der Waals surface area contributed by atoms with Crippen LogP contribution in [0.25, 0.3) is 0 Å². The van der Waals surface area contributed by atoms with E-state index in [0.29, 0.717) is 30.9 Å². The summed E-state index contributed by atoms with van der Waals surface area (Å²) in [5.41, 5.74) is 0.620. The summed E-state index contributed by atoms with van der Waals surface area (Å²) in [6.45, 7) is 3.61. The molecule has 6 nitrogen and oxygen atoms in total. The van der Waals surface area contributed by atoms with Crippen molar-refractivity contribution in [1.29, 1.82) is 0 Å². The predicted octanol–water partition coefficient (Wildman–Crippen LogP) is 0.337. The Morgan fingerprint density at radius 1 is 0.900 bits per heavy atom. The van der Waals surface area contributed by atoms with Gasteiger partial charge in [-0.3, -0.25) is 10.1 Å². The largest absolute Gasteiger partial charge is 0.416 e. The van der Waals surface area contributed by atoms with Gasteiger partial charge in [0.1, 0.15) is 32.7 Å². The fraction of sp³-hybridized carbons (Fsp3) is 0.333. The van der Waals surface area contributed by atoms with Gasteiger partial charge in [0.05, 0.1) is 5.56 Å². The SMILES string of the molecule is O=C(C[NH+]1CC[NH+](Cc2cccc(C(F)(F)F)c2)CC1)NC(=O)Nc1ccccc1. The number of quaternary nitrogens is 2. The first-order valence-electron chi connectivity index (χ1n) is 9.79. The van der Waals surface area contributed by atoms with E-state index in [9.17, 15) is 22.8 Å². The van der Waals surface area contributed by atoms with E-state index in [1.165, 1.54) is 17.0 Å². The smallest absolute Gasteiger partial charge is 0.322 e. The normalized spacial score (nSPS) is 19.2. The van der Waals surface area contributed by atoms with Crippen molar-refractivity contribution in [2.45, 2.75) is 12.7 Å². The van der Waals surface area contributed by atoms with Gasteiger partial charge in [-0.25, -0.2) is 4.79 Å². The molecule has 2 aromatic carbocycles. The second-order valence-corrected chi connectivity index (χ2v) is 7.42. The molecule has 0 saturated carbocycles. The summed E-state index contributed by atoms with van der Waals surface area (Å²) < 4.78 is 38.6. The fourth-order valence-electron chi connectivity index (χ4n) is 3.54. The second kappa shape index (κ2) is 9.73. The maximum atomic E-state index is 12.9. The lowest BCUT2D eigenvalue weighted by Crippen LogP contribution is -3.28. The molecule has 0 unspecified atom stereocenters. The Morgan fingerprint density at radius 3 is 2.23 bits per heavy atom. The van der Waals surface area contributed by atoms with E-state index in [1.54, 1.807) is 30.3 Å². The summed E-state index contributed by atoms with van der Waals surface area (Å²) in [5.74, 6) is -0.361. The van der Waals surface area contributed by atoms with Crippen LogP contribution in [0, 0.1) is 0 Å². The number of alkyl halides is 3. The molecule has 0 atom stereocenters. The quantitative estimate of drug-likeness (QED) is 0.562. The molecule has 0 aliphatic carbocycles. The molecular weight excluding hydrogens is 397 g/mol. The van der Waals surface area contributed by atoms with E-state index < -0.39 is 17.8 Å². The number of carbonyl (C=O) groups excluding carboxylic acids is 2.